The highest BCUT2D eigenvalue weighted by Crippen LogP contribution is 2.35. The molecule has 1 aromatic rings. The second-order valence-corrected chi connectivity index (χ2v) is 4.64. The van der Waals surface area contributed by atoms with E-state index < -0.39 is 5.79 Å². The van der Waals surface area contributed by atoms with Crippen molar-refractivity contribution in [2.24, 2.45) is 5.73 Å². The van der Waals surface area contributed by atoms with Gasteiger partial charge in [0.2, 0.25) is 5.79 Å². The Morgan fingerprint density at radius 1 is 1.22 bits per heavy atom. The van der Waals surface area contributed by atoms with Crippen LogP contribution in [-0.4, -0.2) is 26.9 Å². The van der Waals surface area contributed by atoms with Crippen molar-refractivity contribution in [1.82, 2.24) is 0 Å². The molecule has 1 fully saturated rings. The lowest BCUT2D eigenvalue weighted by Gasteiger charge is -2.37. The summed E-state index contributed by atoms with van der Waals surface area (Å²) in [5, 5.41) is 0. The lowest BCUT2D eigenvalue weighted by Crippen LogP contribution is -2.44. The summed E-state index contributed by atoms with van der Waals surface area (Å²) in [6.07, 6.45) is 0.913. The van der Waals surface area contributed by atoms with Crippen LogP contribution in [0.1, 0.15) is 23.1 Å². The molecule has 100 valence electrons. The standard InChI is InChI=1S/C14H21NO3/c1-10-8-13(16-3)11(2)7-12(10)14(9-15)17-5-4-6-18-14/h7-8H,4-6,9,15H2,1-3H3. The normalized spacial score (nSPS) is 18.7. The first-order valence-electron chi connectivity index (χ1n) is 6.26. The van der Waals surface area contributed by atoms with Gasteiger partial charge in [-0.2, -0.15) is 0 Å². The molecule has 1 heterocycles. The molecule has 0 amide bonds. The predicted molar refractivity (Wildman–Crippen MR) is 69.7 cm³/mol. The van der Waals surface area contributed by atoms with Crippen molar-refractivity contribution >= 4 is 0 Å². The lowest BCUT2D eigenvalue weighted by atomic mass is 9.96. The minimum Gasteiger partial charge on any atom is -0.496 e. The Morgan fingerprint density at radius 2 is 1.89 bits per heavy atom. The van der Waals surface area contributed by atoms with E-state index in [1.165, 1.54) is 0 Å². The number of hydrogen-bond acceptors (Lipinski definition) is 4. The largest absolute Gasteiger partial charge is 0.496 e. The average Bonchev–Trinajstić information content (AvgIpc) is 2.41. The Morgan fingerprint density at radius 3 is 2.44 bits per heavy atom. The summed E-state index contributed by atoms with van der Waals surface area (Å²) in [7, 11) is 1.67. The Labute approximate surface area is 108 Å². The van der Waals surface area contributed by atoms with Gasteiger partial charge < -0.3 is 19.9 Å². The number of aryl methyl sites for hydroxylation is 2. The van der Waals surface area contributed by atoms with Crippen LogP contribution < -0.4 is 10.5 Å². The molecular weight excluding hydrogens is 230 g/mol. The summed E-state index contributed by atoms with van der Waals surface area (Å²) in [6.45, 7) is 5.72. The van der Waals surface area contributed by atoms with Crippen molar-refractivity contribution in [3.8, 4) is 5.75 Å². The highest BCUT2D eigenvalue weighted by Gasteiger charge is 2.37. The molecule has 0 spiro atoms. The Hall–Kier alpha value is -1.10. The maximum absolute atomic E-state index is 5.88. The fourth-order valence-electron chi connectivity index (χ4n) is 2.38. The zero-order chi connectivity index (χ0) is 13.2. The van der Waals surface area contributed by atoms with Crippen molar-refractivity contribution < 1.29 is 14.2 Å². The van der Waals surface area contributed by atoms with E-state index in [1.807, 2.05) is 26.0 Å². The van der Waals surface area contributed by atoms with E-state index in [4.69, 9.17) is 19.9 Å². The van der Waals surface area contributed by atoms with Gasteiger partial charge in [0.25, 0.3) is 0 Å². The van der Waals surface area contributed by atoms with Gasteiger partial charge in [-0.25, -0.2) is 0 Å². The quantitative estimate of drug-likeness (QED) is 0.891. The minimum absolute atomic E-state index is 0.319. The molecule has 0 aromatic heterocycles. The number of rotatable bonds is 3. The van der Waals surface area contributed by atoms with Gasteiger partial charge in [-0.15, -0.1) is 0 Å². The summed E-state index contributed by atoms with van der Waals surface area (Å²) in [5.74, 6) is 0.0820. The van der Waals surface area contributed by atoms with Crippen molar-refractivity contribution in [2.45, 2.75) is 26.1 Å². The monoisotopic (exact) mass is 251 g/mol. The van der Waals surface area contributed by atoms with E-state index in [1.54, 1.807) is 7.11 Å². The van der Waals surface area contributed by atoms with Crippen molar-refractivity contribution in [3.05, 3.63) is 28.8 Å². The third-order valence-electron chi connectivity index (χ3n) is 3.38. The number of ether oxygens (including phenoxy) is 3. The van der Waals surface area contributed by atoms with Crippen molar-refractivity contribution in [3.63, 3.8) is 0 Å². The van der Waals surface area contributed by atoms with Gasteiger partial charge in [-0.1, -0.05) is 0 Å². The molecule has 0 unspecified atom stereocenters. The van der Waals surface area contributed by atoms with Crippen molar-refractivity contribution in [1.29, 1.82) is 0 Å². The molecule has 0 atom stereocenters. The van der Waals surface area contributed by atoms with Crippen LogP contribution in [-0.2, 0) is 15.3 Å². The molecular formula is C14H21NO3. The fourth-order valence-corrected chi connectivity index (χ4v) is 2.38. The summed E-state index contributed by atoms with van der Waals surface area (Å²) in [4.78, 5) is 0. The van der Waals surface area contributed by atoms with Gasteiger partial charge >= 0.3 is 0 Å². The summed E-state index contributed by atoms with van der Waals surface area (Å²) in [5.41, 5.74) is 9.01. The van der Waals surface area contributed by atoms with Gasteiger partial charge in [-0.05, 0) is 43.5 Å². The van der Waals surface area contributed by atoms with Gasteiger partial charge in [0, 0.05) is 5.56 Å². The van der Waals surface area contributed by atoms with Crippen LogP contribution in [0, 0.1) is 13.8 Å². The van der Waals surface area contributed by atoms with E-state index in [0.717, 1.165) is 28.9 Å². The zero-order valence-corrected chi connectivity index (χ0v) is 11.3. The Bertz CT molecular complexity index is 425. The molecule has 2 rings (SSSR count). The molecule has 4 heteroatoms. The number of hydrogen-bond donors (Lipinski definition) is 1. The summed E-state index contributed by atoms with van der Waals surface area (Å²) >= 11 is 0. The van der Waals surface area contributed by atoms with Crippen LogP contribution in [0.3, 0.4) is 0 Å². The third-order valence-corrected chi connectivity index (χ3v) is 3.38. The molecule has 0 radical (unpaired) electrons. The highest BCUT2D eigenvalue weighted by molar-refractivity contribution is 5.43. The van der Waals surface area contributed by atoms with E-state index >= 15 is 0 Å². The summed E-state index contributed by atoms with van der Waals surface area (Å²) in [6, 6.07) is 4.05. The van der Waals surface area contributed by atoms with E-state index in [-0.39, 0.29) is 0 Å². The van der Waals surface area contributed by atoms with Crippen molar-refractivity contribution in [2.75, 3.05) is 26.9 Å². The van der Waals surface area contributed by atoms with E-state index in [0.29, 0.717) is 19.8 Å². The highest BCUT2D eigenvalue weighted by atomic mass is 16.7. The van der Waals surface area contributed by atoms with Crippen LogP contribution >= 0.6 is 0 Å². The molecule has 0 saturated carbocycles. The number of nitrogens with two attached hydrogens (primary N) is 1. The molecule has 4 nitrogen and oxygen atoms in total. The molecule has 0 bridgehead atoms. The van der Waals surface area contributed by atoms with Gasteiger partial charge in [-0.3, -0.25) is 0 Å². The second kappa shape index (κ2) is 5.26. The number of benzene rings is 1. The van der Waals surface area contributed by atoms with Crippen LogP contribution in [0.5, 0.6) is 5.75 Å². The first-order chi connectivity index (χ1) is 8.63. The summed E-state index contributed by atoms with van der Waals surface area (Å²) < 4.78 is 17.0. The first-order valence-corrected chi connectivity index (χ1v) is 6.26. The number of methoxy groups -OCH3 is 1. The van der Waals surface area contributed by atoms with Gasteiger partial charge in [0.1, 0.15) is 5.75 Å². The fraction of sp³-hybridized carbons (Fsp3) is 0.571. The van der Waals surface area contributed by atoms with E-state index in [2.05, 4.69) is 0 Å². The average molecular weight is 251 g/mol. The second-order valence-electron chi connectivity index (χ2n) is 4.64. The van der Waals surface area contributed by atoms with Gasteiger partial charge in [0.05, 0.1) is 26.9 Å². The van der Waals surface area contributed by atoms with Crippen LogP contribution in [0.4, 0.5) is 0 Å². The minimum atomic E-state index is -0.792. The smallest absolute Gasteiger partial charge is 0.207 e. The molecule has 1 aliphatic heterocycles. The van der Waals surface area contributed by atoms with Crippen LogP contribution in [0.25, 0.3) is 0 Å². The van der Waals surface area contributed by atoms with Crippen LogP contribution in [0.15, 0.2) is 12.1 Å². The first kappa shape index (κ1) is 13.3. The maximum atomic E-state index is 5.88. The van der Waals surface area contributed by atoms with E-state index in [9.17, 15) is 0 Å². The molecule has 1 saturated heterocycles. The zero-order valence-electron chi connectivity index (χ0n) is 11.3. The molecule has 18 heavy (non-hydrogen) atoms. The molecule has 1 aromatic carbocycles. The van der Waals surface area contributed by atoms with Gasteiger partial charge in [0.15, 0.2) is 0 Å². The predicted octanol–water partition coefficient (Wildman–Crippen LogP) is 1.86. The van der Waals surface area contributed by atoms with Crippen LogP contribution in [0.2, 0.25) is 0 Å². The topological polar surface area (TPSA) is 53.7 Å². The maximum Gasteiger partial charge on any atom is 0.207 e. The third kappa shape index (κ3) is 2.23. The Kier molecular flexibility index (Phi) is 3.90. The lowest BCUT2D eigenvalue weighted by molar-refractivity contribution is -0.270. The SMILES string of the molecule is COc1cc(C)c(C2(CN)OCCCO2)cc1C. The molecule has 2 N–H and O–H groups in total. The molecule has 1 aliphatic rings. The molecule has 0 aliphatic carbocycles. The Balaban J connectivity index is 2.45.